The second-order valence-corrected chi connectivity index (χ2v) is 7.73. The number of phenolic OH excluding ortho intramolecular Hbond substituents is 1. The number of rotatable bonds is 8. The van der Waals surface area contributed by atoms with Crippen molar-refractivity contribution in [1.29, 1.82) is 0 Å². The first-order valence-electron chi connectivity index (χ1n) is 10.0. The summed E-state index contributed by atoms with van der Waals surface area (Å²) in [5.41, 5.74) is 1.99. The van der Waals surface area contributed by atoms with E-state index in [0.717, 1.165) is 10.0 Å². The Morgan fingerprint density at radius 1 is 0.906 bits per heavy atom. The molecule has 0 aliphatic heterocycles. The first-order chi connectivity index (χ1) is 15.6. The monoisotopic (exact) mass is 492 g/mol. The molecule has 4 aromatic rings. The van der Waals surface area contributed by atoms with Crippen LogP contribution in [0.5, 0.6) is 28.7 Å². The van der Waals surface area contributed by atoms with Crippen molar-refractivity contribution in [2.24, 2.45) is 0 Å². The zero-order chi connectivity index (χ0) is 22.3. The highest BCUT2D eigenvalue weighted by molar-refractivity contribution is 9.10. The molecule has 1 heterocycles. The van der Waals surface area contributed by atoms with Gasteiger partial charge in [-0.1, -0.05) is 40.2 Å². The summed E-state index contributed by atoms with van der Waals surface area (Å²) in [6, 6.07) is 20.3. The third kappa shape index (κ3) is 5.18. The molecule has 0 saturated carbocycles. The number of aromatic nitrogens is 2. The van der Waals surface area contributed by atoms with E-state index in [4.69, 9.17) is 14.2 Å². The van der Waals surface area contributed by atoms with Gasteiger partial charge in [-0.25, -0.2) is 9.97 Å². The molecule has 0 unspecified atom stereocenters. The molecule has 1 N–H and O–H groups in total. The lowest BCUT2D eigenvalue weighted by molar-refractivity contribution is 0.304. The van der Waals surface area contributed by atoms with E-state index < -0.39 is 0 Å². The number of hydrogen-bond donors (Lipinski definition) is 1. The molecule has 0 aliphatic carbocycles. The molecule has 0 fully saturated rings. The van der Waals surface area contributed by atoms with Crippen LogP contribution in [0, 0.1) is 0 Å². The van der Waals surface area contributed by atoms with Crippen molar-refractivity contribution >= 4 is 15.9 Å². The van der Waals surface area contributed by atoms with E-state index >= 15 is 0 Å². The molecule has 7 heteroatoms. The highest BCUT2D eigenvalue weighted by Gasteiger charge is 2.16. The van der Waals surface area contributed by atoms with E-state index in [1.54, 1.807) is 30.5 Å². The van der Waals surface area contributed by atoms with Gasteiger partial charge in [-0.05, 0) is 48.9 Å². The average Bonchev–Trinajstić information content (AvgIpc) is 2.81. The number of aromatic hydroxyl groups is 1. The molecular formula is C25H21BrN2O4. The lowest BCUT2D eigenvalue weighted by Gasteiger charge is -2.14. The number of halogens is 1. The van der Waals surface area contributed by atoms with Gasteiger partial charge < -0.3 is 19.3 Å². The van der Waals surface area contributed by atoms with Gasteiger partial charge in [0.15, 0.2) is 17.2 Å². The third-order valence-electron chi connectivity index (χ3n) is 4.59. The number of nitrogens with zero attached hydrogens (tertiary/aromatic N) is 2. The van der Waals surface area contributed by atoms with Crippen LogP contribution in [0.25, 0.3) is 11.3 Å². The first kappa shape index (κ1) is 21.6. The molecule has 0 bridgehead atoms. The Balaban J connectivity index is 1.56. The van der Waals surface area contributed by atoms with Gasteiger partial charge in [0.2, 0.25) is 0 Å². The maximum Gasteiger partial charge on any atom is 0.172 e. The molecule has 32 heavy (non-hydrogen) atoms. The van der Waals surface area contributed by atoms with Gasteiger partial charge in [0.05, 0.1) is 12.8 Å². The maximum absolute atomic E-state index is 10.7. The predicted octanol–water partition coefficient (Wildman–Crippen LogP) is 6.38. The summed E-state index contributed by atoms with van der Waals surface area (Å²) in [4.78, 5) is 8.40. The third-order valence-corrected chi connectivity index (χ3v) is 5.12. The van der Waals surface area contributed by atoms with Gasteiger partial charge in [0.25, 0.3) is 0 Å². The van der Waals surface area contributed by atoms with Crippen LogP contribution in [0.1, 0.15) is 12.5 Å². The SMILES string of the molecule is CCOc1ccccc1Oc1cncnc1-c1ccc(OCc2ccc(Br)cc2)cc1O. The highest BCUT2D eigenvalue weighted by atomic mass is 79.9. The van der Waals surface area contributed by atoms with Crippen LogP contribution >= 0.6 is 15.9 Å². The Morgan fingerprint density at radius 2 is 1.69 bits per heavy atom. The molecule has 0 amide bonds. The van der Waals surface area contributed by atoms with Crippen molar-refractivity contribution in [3.8, 4) is 40.0 Å². The summed E-state index contributed by atoms with van der Waals surface area (Å²) in [6.07, 6.45) is 2.97. The van der Waals surface area contributed by atoms with Crippen LogP contribution in [0.15, 0.2) is 83.7 Å². The van der Waals surface area contributed by atoms with Gasteiger partial charge in [0, 0.05) is 16.1 Å². The Hall–Kier alpha value is -3.58. The van der Waals surface area contributed by atoms with Crippen molar-refractivity contribution in [3.63, 3.8) is 0 Å². The second-order valence-electron chi connectivity index (χ2n) is 6.81. The fraction of sp³-hybridized carbons (Fsp3) is 0.120. The molecule has 162 valence electrons. The summed E-state index contributed by atoms with van der Waals surface area (Å²) in [5.74, 6) is 2.14. The quantitative estimate of drug-likeness (QED) is 0.307. The van der Waals surface area contributed by atoms with Crippen molar-refractivity contribution < 1.29 is 19.3 Å². The van der Waals surface area contributed by atoms with Gasteiger partial charge in [-0.2, -0.15) is 0 Å². The van der Waals surface area contributed by atoms with E-state index in [1.165, 1.54) is 6.33 Å². The summed E-state index contributed by atoms with van der Waals surface area (Å²) >= 11 is 3.42. The smallest absolute Gasteiger partial charge is 0.172 e. The molecule has 0 aliphatic rings. The van der Waals surface area contributed by atoms with Crippen LogP contribution in [-0.2, 0) is 6.61 Å². The minimum Gasteiger partial charge on any atom is -0.507 e. The van der Waals surface area contributed by atoms with E-state index in [0.29, 0.717) is 47.5 Å². The van der Waals surface area contributed by atoms with Gasteiger partial charge in [0.1, 0.15) is 30.1 Å². The number of phenols is 1. The molecule has 1 aromatic heterocycles. The molecule has 3 aromatic carbocycles. The van der Waals surface area contributed by atoms with Crippen LogP contribution in [0.2, 0.25) is 0 Å². The van der Waals surface area contributed by atoms with Gasteiger partial charge in [-0.15, -0.1) is 0 Å². The first-order valence-corrected chi connectivity index (χ1v) is 10.8. The molecule has 0 saturated heterocycles. The standard InChI is InChI=1S/C25H21BrN2O4/c1-2-30-22-5-3-4-6-23(22)32-24-14-27-16-28-25(24)20-12-11-19(13-21(20)29)31-15-17-7-9-18(26)10-8-17/h3-14,16,29H,2,15H2,1H3. The Labute approximate surface area is 194 Å². The Bertz CT molecular complexity index is 1200. The van der Waals surface area contributed by atoms with Crippen LogP contribution in [0.4, 0.5) is 0 Å². The topological polar surface area (TPSA) is 73.7 Å². The Morgan fingerprint density at radius 3 is 2.44 bits per heavy atom. The number of hydrogen-bond acceptors (Lipinski definition) is 6. The molecular weight excluding hydrogens is 472 g/mol. The normalized spacial score (nSPS) is 10.6. The van der Waals surface area contributed by atoms with Gasteiger partial charge >= 0.3 is 0 Å². The van der Waals surface area contributed by atoms with Crippen molar-refractivity contribution in [2.45, 2.75) is 13.5 Å². The second kappa shape index (κ2) is 10.2. The summed E-state index contributed by atoms with van der Waals surface area (Å²) in [7, 11) is 0. The molecule has 4 rings (SSSR count). The zero-order valence-electron chi connectivity index (χ0n) is 17.4. The maximum atomic E-state index is 10.7. The molecule has 6 nitrogen and oxygen atoms in total. The molecule has 0 atom stereocenters. The largest absolute Gasteiger partial charge is 0.507 e. The predicted molar refractivity (Wildman–Crippen MR) is 125 cm³/mol. The lowest BCUT2D eigenvalue weighted by Crippen LogP contribution is -1.98. The fourth-order valence-corrected chi connectivity index (χ4v) is 3.33. The minimum atomic E-state index is 0.0277. The zero-order valence-corrected chi connectivity index (χ0v) is 19.0. The fourth-order valence-electron chi connectivity index (χ4n) is 3.07. The summed E-state index contributed by atoms with van der Waals surface area (Å²) < 4.78 is 18.5. The number of benzene rings is 3. The van der Waals surface area contributed by atoms with Gasteiger partial charge in [-0.3, -0.25) is 0 Å². The van der Waals surface area contributed by atoms with Crippen LogP contribution < -0.4 is 14.2 Å². The number of para-hydroxylation sites is 2. The molecule has 0 spiro atoms. The highest BCUT2D eigenvalue weighted by Crippen LogP contribution is 2.39. The summed E-state index contributed by atoms with van der Waals surface area (Å²) in [5, 5.41) is 10.7. The average molecular weight is 493 g/mol. The lowest BCUT2D eigenvalue weighted by atomic mass is 10.1. The summed E-state index contributed by atoms with van der Waals surface area (Å²) in [6.45, 7) is 2.81. The van der Waals surface area contributed by atoms with Crippen LogP contribution in [0.3, 0.4) is 0 Å². The number of ether oxygens (including phenoxy) is 3. The van der Waals surface area contributed by atoms with Crippen molar-refractivity contribution in [3.05, 3.63) is 89.3 Å². The van der Waals surface area contributed by atoms with E-state index in [1.807, 2.05) is 49.4 Å². The minimum absolute atomic E-state index is 0.0277. The van der Waals surface area contributed by atoms with E-state index in [9.17, 15) is 5.11 Å². The van der Waals surface area contributed by atoms with Crippen molar-refractivity contribution in [1.82, 2.24) is 9.97 Å². The van der Waals surface area contributed by atoms with E-state index in [2.05, 4.69) is 25.9 Å². The van der Waals surface area contributed by atoms with E-state index in [-0.39, 0.29) is 5.75 Å². The van der Waals surface area contributed by atoms with Crippen LogP contribution in [-0.4, -0.2) is 21.7 Å². The molecule has 0 radical (unpaired) electrons. The van der Waals surface area contributed by atoms with Crippen molar-refractivity contribution in [2.75, 3.05) is 6.61 Å². The Kier molecular flexibility index (Phi) is 6.87.